The lowest BCUT2D eigenvalue weighted by Crippen LogP contribution is -2.30. The largest absolute Gasteiger partial charge is 0.461 e. The Morgan fingerprint density at radius 2 is 2.05 bits per heavy atom. The maximum Gasteiger partial charge on any atom is 0.360 e. The quantitative estimate of drug-likeness (QED) is 0.782. The maximum absolute atomic E-state index is 11.9. The predicted molar refractivity (Wildman–Crippen MR) is 70.6 cm³/mol. The van der Waals surface area contributed by atoms with E-state index in [1.165, 1.54) is 4.57 Å². The van der Waals surface area contributed by atoms with Crippen molar-refractivity contribution in [1.82, 2.24) is 14.5 Å². The molecule has 2 N–H and O–H groups in total. The lowest BCUT2D eigenvalue weighted by atomic mass is 10.4. The van der Waals surface area contributed by atoms with E-state index in [0.717, 1.165) is 0 Å². The summed E-state index contributed by atoms with van der Waals surface area (Å²) in [5, 5.41) is 0. The van der Waals surface area contributed by atoms with Crippen molar-refractivity contribution >= 4 is 17.7 Å². The van der Waals surface area contributed by atoms with Gasteiger partial charge in [0.2, 0.25) is 5.91 Å². The zero-order chi connectivity index (χ0) is 14.6. The van der Waals surface area contributed by atoms with Crippen LogP contribution in [0.1, 0.15) is 30.2 Å². The number of anilines is 1. The van der Waals surface area contributed by atoms with Crippen LogP contribution in [0.25, 0.3) is 0 Å². The number of ether oxygens (including phenoxy) is 1. The molecule has 7 heteroatoms. The number of rotatable bonds is 5. The van der Waals surface area contributed by atoms with Crippen LogP contribution < -0.4 is 5.73 Å². The van der Waals surface area contributed by atoms with Gasteiger partial charge in [-0.3, -0.25) is 4.79 Å². The summed E-state index contributed by atoms with van der Waals surface area (Å²) in [4.78, 5) is 29.1. The SMILES string of the molecule is CCOC(=O)c1nc(C)n(CC(=O)N(C)CC)c1N. The van der Waals surface area contributed by atoms with E-state index in [9.17, 15) is 9.59 Å². The van der Waals surface area contributed by atoms with Gasteiger partial charge in [-0.25, -0.2) is 9.78 Å². The molecule has 1 aromatic rings. The molecule has 0 fully saturated rings. The standard InChI is InChI=1S/C12H20N4O3/c1-5-15(4)9(17)7-16-8(3)14-10(11(16)13)12(18)19-6-2/h5-7,13H2,1-4H3. The zero-order valence-electron chi connectivity index (χ0n) is 11.8. The number of aromatic nitrogens is 2. The highest BCUT2D eigenvalue weighted by atomic mass is 16.5. The van der Waals surface area contributed by atoms with Crippen molar-refractivity contribution in [3.8, 4) is 0 Å². The number of carbonyl (C=O) groups excluding carboxylic acids is 2. The second-order valence-electron chi connectivity index (χ2n) is 4.11. The molecule has 0 aliphatic carbocycles. The number of imidazole rings is 1. The van der Waals surface area contributed by atoms with Gasteiger partial charge >= 0.3 is 5.97 Å². The number of hydrogen-bond donors (Lipinski definition) is 1. The molecule has 1 rings (SSSR count). The minimum absolute atomic E-state index is 0.0614. The first-order chi connectivity index (χ1) is 8.92. The minimum Gasteiger partial charge on any atom is -0.461 e. The van der Waals surface area contributed by atoms with E-state index in [-0.39, 0.29) is 30.6 Å². The van der Waals surface area contributed by atoms with E-state index >= 15 is 0 Å². The van der Waals surface area contributed by atoms with Crippen LogP contribution in [0.3, 0.4) is 0 Å². The van der Waals surface area contributed by atoms with Crippen LogP contribution in [0.15, 0.2) is 0 Å². The molecular formula is C12H20N4O3. The summed E-state index contributed by atoms with van der Waals surface area (Å²) in [6.45, 7) is 6.20. The van der Waals surface area contributed by atoms with E-state index in [1.807, 2.05) is 6.92 Å². The zero-order valence-corrected chi connectivity index (χ0v) is 11.8. The normalized spacial score (nSPS) is 10.3. The molecule has 0 atom stereocenters. The third kappa shape index (κ3) is 3.24. The van der Waals surface area contributed by atoms with Gasteiger partial charge in [0, 0.05) is 13.6 Å². The van der Waals surface area contributed by atoms with Gasteiger partial charge in [0.15, 0.2) is 5.69 Å². The van der Waals surface area contributed by atoms with Crippen molar-refractivity contribution in [3.63, 3.8) is 0 Å². The molecule has 0 saturated heterocycles. The third-order valence-electron chi connectivity index (χ3n) is 2.86. The number of esters is 1. The molecule has 0 saturated carbocycles. The molecule has 1 aromatic heterocycles. The number of nitrogen functional groups attached to an aromatic ring is 1. The first-order valence-electron chi connectivity index (χ1n) is 6.16. The van der Waals surface area contributed by atoms with Crippen molar-refractivity contribution in [2.24, 2.45) is 0 Å². The van der Waals surface area contributed by atoms with Crippen LogP contribution in [0.2, 0.25) is 0 Å². The van der Waals surface area contributed by atoms with Crippen LogP contribution in [-0.4, -0.2) is 46.5 Å². The van der Waals surface area contributed by atoms with Crippen LogP contribution >= 0.6 is 0 Å². The van der Waals surface area contributed by atoms with E-state index in [2.05, 4.69) is 4.98 Å². The van der Waals surface area contributed by atoms with Crippen molar-refractivity contribution in [3.05, 3.63) is 11.5 Å². The molecule has 7 nitrogen and oxygen atoms in total. The molecule has 0 radical (unpaired) electrons. The van der Waals surface area contributed by atoms with Crippen molar-refractivity contribution in [1.29, 1.82) is 0 Å². The average Bonchev–Trinajstić information content (AvgIpc) is 2.66. The summed E-state index contributed by atoms with van der Waals surface area (Å²) in [5.74, 6) is 0.00969. The first kappa shape index (κ1) is 15.0. The summed E-state index contributed by atoms with van der Waals surface area (Å²) in [6.07, 6.45) is 0. The van der Waals surface area contributed by atoms with E-state index in [0.29, 0.717) is 12.4 Å². The Morgan fingerprint density at radius 3 is 2.58 bits per heavy atom. The highest BCUT2D eigenvalue weighted by Gasteiger charge is 2.21. The predicted octanol–water partition coefficient (Wildman–Crippen LogP) is 0.429. The van der Waals surface area contributed by atoms with E-state index in [4.69, 9.17) is 10.5 Å². The Balaban J connectivity index is 2.97. The van der Waals surface area contributed by atoms with Crippen LogP contribution in [0, 0.1) is 6.92 Å². The number of amides is 1. The molecular weight excluding hydrogens is 248 g/mol. The highest BCUT2D eigenvalue weighted by molar-refractivity contribution is 5.92. The summed E-state index contributed by atoms with van der Waals surface area (Å²) in [7, 11) is 1.71. The van der Waals surface area contributed by atoms with Crippen molar-refractivity contribution in [2.45, 2.75) is 27.3 Å². The molecule has 0 aromatic carbocycles. The molecule has 1 amide bonds. The Kier molecular flexibility index (Phi) is 4.91. The molecule has 0 aliphatic heterocycles. The van der Waals surface area contributed by atoms with Gasteiger partial charge in [-0.15, -0.1) is 0 Å². The lowest BCUT2D eigenvalue weighted by Gasteiger charge is -2.15. The van der Waals surface area contributed by atoms with Crippen LogP contribution in [0.5, 0.6) is 0 Å². The molecule has 106 valence electrons. The smallest absolute Gasteiger partial charge is 0.360 e. The fraction of sp³-hybridized carbons (Fsp3) is 0.583. The Hall–Kier alpha value is -2.05. The fourth-order valence-electron chi connectivity index (χ4n) is 1.56. The van der Waals surface area contributed by atoms with Gasteiger partial charge in [0.25, 0.3) is 0 Å². The molecule has 19 heavy (non-hydrogen) atoms. The number of aryl methyl sites for hydroxylation is 1. The molecule has 0 unspecified atom stereocenters. The number of nitrogens with two attached hydrogens (primary N) is 1. The molecule has 0 aliphatic rings. The van der Waals surface area contributed by atoms with Gasteiger partial charge in [-0.1, -0.05) is 0 Å². The number of nitrogens with zero attached hydrogens (tertiary/aromatic N) is 3. The fourth-order valence-corrected chi connectivity index (χ4v) is 1.56. The van der Waals surface area contributed by atoms with Gasteiger partial charge in [-0.2, -0.15) is 0 Å². The average molecular weight is 268 g/mol. The second kappa shape index (κ2) is 6.21. The highest BCUT2D eigenvalue weighted by Crippen LogP contribution is 2.15. The lowest BCUT2D eigenvalue weighted by molar-refractivity contribution is -0.130. The number of hydrogen-bond acceptors (Lipinski definition) is 5. The maximum atomic E-state index is 11.9. The topological polar surface area (TPSA) is 90.4 Å². The van der Waals surface area contributed by atoms with Gasteiger partial charge in [0.1, 0.15) is 18.2 Å². The summed E-state index contributed by atoms with van der Waals surface area (Å²) in [6, 6.07) is 0. The number of carbonyl (C=O) groups is 2. The van der Waals surface area contributed by atoms with Gasteiger partial charge in [0.05, 0.1) is 6.61 Å². The van der Waals surface area contributed by atoms with Crippen LogP contribution in [-0.2, 0) is 16.1 Å². The Bertz CT molecular complexity index is 482. The molecule has 0 spiro atoms. The van der Waals surface area contributed by atoms with Crippen molar-refractivity contribution in [2.75, 3.05) is 25.9 Å². The van der Waals surface area contributed by atoms with Crippen molar-refractivity contribution < 1.29 is 14.3 Å². The summed E-state index contributed by atoms with van der Waals surface area (Å²) < 4.78 is 6.38. The first-order valence-corrected chi connectivity index (χ1v) is 6.16. The monoisotopic (exact) mass is 268 g/mol. The molecule has 1 heterocycles. The van der Waals surface area contributed by atoms with E-state index < -0.39 is 5.97 Å². The second-order valence-corrected chi connectivity index (χ2v) is 4.11. The Labute approximate surface area is 112 Å². The van der Waals surface area contributed by atoms with Gasteiger partial charge < -0.3 is 19.9 Å². The Morgan fingerprint density at radius 1 is 1.42 bits per heavy atom. The summed E-state index contributed by atoms with van der Waals surface area (Å²) in [5.41, 5.74) is 5.92. The minimum atomic E-state index is -0.571. The number of likely N-dealkylation sites (N-methyl/N-ethyl adjacent to an activating group) is 1. The van der Waals surface area contributed by atoms with E-state index in [1.54, 1.807) is 25.8 Å². The van der Waals surface area contributed by atoms with Crippen LogP contribution in [0.4, 0.5) is 5.82 Å². The summed E-state index contributed by atoms with van der Waals surface area (Å²) >= 11 is 0. The molecule has 0 bridgehead atoms. The van der Waals surface area contributed by atoms with Gasteiger partial charge in [-0.05, 0) is 20.8 Å². The third-order valence-corrected chi connectivity index (χ3v) is 2.86.